The van der Waals surface area contributed by atoms with Gasteiger partial charge in [-0.25, -0.2) is 9.97 Å². The summed E-state index contributed by atoms with van der Waals surface area (Å²) in [5.74, 6) is 1.73. The summed E-state index contributed by atoms with van der Waals surface area (Å²) < 4.78 is 7.15. The molecule has 0 unspecified atom stereocenters. The van der Waals surface area contributed by atoms with Crippen molar-refractivity contribution in [1.82, 2.24) is 15.0 Å². The van der Waals surface area contributed by atoms with E-state index in [1.165, 1.54) is 22.3 Å². The molecule has 1 spiro atoms. The molecule has 11 rings (SSSR count). The van der Waals surface area contributed by atoms with Gasteiger partial charge in [0, 0.05) is 45.3 Å². The molecule has 0 fully saturated rings. The van der Waals surface area contributed by atoms with Gasteiger partial charge in [-0.15, -0.1) is 0 Å². The van der Waals surface area contributed by atoms with Crippen LogP contribution in [0.15, 0.2) is 219 Å². The molecule has 0 saturated heterocycles. The van der Waals surface area contributed by atoms with E-state index < -0.39 is 5.41 Å². The summed E-state index contributed by atoms with van der Waals surface area (Å²) >= 11 is 0. The maximum Gasteiger partial charge on any atom is 0.140 e. The minimum absolute atomic E-state index is 0.561. The van der Waals surface area contributed by atoms with Crippen molar-refractivity contribution in [2.45, 2.75) is 19.3 Å². The molecule has 0 N–H and O–H groups in total. The van der Waals surface area contributed by atoms with E-state index in [1.807, 2.05) is 37.3 Å². The van der Waals surface area contributed by atoms with E-state index in [0.717, 1.165) is 101 Å². The molecule has 3 aromatic heterocycles. The van der Waals surface area contributed by atoms with Crippen LogP contribution in [0.1, 0.15) is 52.9 Å². The second-order valence-electron chi connectivity index (χ2n) is 16.6. The van der Waals surface area contributed by atoms with E-state index >= 15 is 0 Å². The Hall–Kier alpha value is -8.54. The Bertz CT molecular complexity index is 3510. The van der Waals surface area contributed by atoms with E-state index in [-0.39, 0.29) is 0 Å². The van der Waals surface area contributed by atoms with Gasteiger partial charge in [0.15, 0.2) is 0 Å². The molecule has 6 aromatic carbocycles. The number of allylic oxidation sites excluding steroid dienone is 7. The number of aliphatic imine (C=N–C) groups is 1. The second kappa shape index (κ2) is 16.5. The summed E-state index contributed by atoms with van der Waals surface area (Å²) in [6.45, 7) is 12.1. The van der Waals surface area contributed by atoms with Crippen LogP contribution in [0, 0.1) is 0 Å². The number of para-hydroxylation sites is 2. The Morgan fingerprint density at radius 2 is 1.33 bits per heavy atom. The van der Waals surface area contributed by atoms with Gasteiger partial charge >= 0.3 is 0 Å². The van der Waals surface area contributed by atoms with Gasteiger partial charge in [0.1, 0.15) is 11.5 Å². The minimum Gasteiger partial charge on any atom is -0.456 e. The van der Waals surface area contributed by atoms with Crippen molar-refractivity contribution in [3.63, 3.8) is 0 Å². The summed E-state index contributed by atoms with van der Waals surface area (Å²) in [5.41, 5.74) is 16.7. The Kier molecular flexibility index (Phi) is 10.1. The highest BCUT2D eigenvalue weighted by Crippen LogP contribution is 2.63. The van der Waals surface area contributed by atoms with Crippen LogP contribution in [0.25, 0.3) is 72.3 Å². The smallest absolute Gasteiger partial charge is 0.140 e. The van der Waals surface area contributed by atoms with Gasteiger partial charge in [0.25, 0.3) is 0 Å². The SMILES string of the molecule is C=C/C=C(\N=C/C)c1cc(/C(C)=C/C=C(\C=C)c2ccc(-c3nc4ccccc4c4c5c(ccc34)C3(c4ccccc4O5)c4ccccc4-c4ccccc43)cc2)cc(-c2ccccn2)n1. The van der Waals surface area contributed by atoms with Gasteiger partial charge in [-0.2, -0.15) is 0 Å². The standard InChI is InChI=1S/C61H44N4O/c1-5-18-53(62-7-3)55-37-43(38-56(64-55)54-26-16-17-36-63-54)39(4)28-29-40(6-2)41-30-32-42(33-31-41)59-47-34-35-51-60(58(47)46-21-10-14-25-52(46)65-59)66-57-27-15-13-24-50(57)61(51)48-22-11-8-19-44(48)45-20-9-12-23-49(45)61/h5-38H,1-2H2,3-4H3/b39-28+,40-29+,53-18-,62-7-. The lowest BCUT2D eigenvalue weighted by atomic mass is 9.65. The number of nitrogens with zero attached hydrogens (tertiary/aromatic N) is 4. The Morgan fingerprint density at radius 1 is 0.621 bits per heavy atom. The molecule has 5 nitrogen and oxygen atoms in total. The first kappa shape index (κ1) is 40.2. The van der Waals surface area contributed by atoms with Crippen molar-refractivity contribution < 1.29 is 4.74 Å². The predicted molar refractivity (Wildman–Crippen MR) is 274 cm³/mol. The summed E-state index contributed by atoms with van der Waals surface area (Å²) in [6.07, 6.45) is 13.3. The van der Waals surface area contributed by atoms with Crippen LogP contribution in [0.2, 0.25) is 0 Å². The Morgan fingerprint density at radius 3 is 2.06 bits per heavy atom. The summed E-state index contributed by atoms with van der Waals surface area (Å²) in [5, 5.41) is 3.14. The number of pyridine rings is 3. The van der Waals surface area contributed by atoms with Gasteiger partial charge in [0.05, 0.1) is 39.4 Å². The van der Waals surface area contributed by atoms with Crippen LogP contribution in [0.3, 0.4) is 0 Å². The number of rotatable bonds is 9. The molecule has 4 heterocycles. The minimum atomic E-state index is -0.561. The lowest BCUT2D eigenvalue weighted by Crippen LogP contribution is -2.32. The number of hydrogen-bond acceptors (Lipinski definition) is 5. The van der Waals surface area contributed by atoms with Crippen molar-refractivity contribution in [3.05, 3.63) is 253 Å². The van der Waals surface area contributed by atoms with Gasteiger partial charge in [-0.05, 0) is 101 Å². The average Bonchev–Trinajstić information content (AvgIpc) is 3.66. The van der Waals surface area contributed by atoms with Crippen LogP contribution in [0.4, 0.5) is 0 Å². The zero-order valence-electron chi connectivity index (χ0n) is 36.7. The molecule has 1 aliphatic heterocycles. The van der Waals surface area contributed by atoms with Crippen molar-refractivity contribution in [2.24, 2.45) is 4.99 Å². The van der Waals surface area contributed by atoms with Crippen LogP contribution >= 0.6 is 0 Å². The van der Waals surface area contributed by atoms with Crippen molar-refractivity contribution >= 4 is 44.7 Å². The fraction of sp³-hybridized carbons (Fsp3) is 0.0492. The van der Waals surface area contributed by atoms with Gasteiger partial charge in [-0.3, -0.25) is 9.98 Å². The van der Waals surface area contributed by atoms with Gasteiger partial charge < -0.3 is 4.74 Å². The summed E-state index contributed by atoms with van der Waals surface area (Å²) in [6, 6.07) is 57.8. The van der Waals surface area contributed by atoms with Crippen LogP contribution in [-0.4, -0.2) is 21.2 Å². The number of aromatic nitrogens is 3. The molecule has 1 aliphatic carbocycles. The first-order valence-corrected chi connectivity index (χ1v) is 22.2. The number of fused-ring (bicyclic) bond motifs is 13. The molecule has 5 heteroatoms. The summed E-state index contributed by atoms with van der Waals surface area (Å²) in [4.78, 5) is 19.5. The third-order valence-electron chi connectivity index (χ3n) is 12.9. The third kappa shape index (κ3) is 6.47. The zero-order chi connectivity index (χ0) is 44.8. The second-order valence-corrected chi connectivity index (χ2v) is 16.6. The normalized spacial score (nSPS) is 13.9. The van der Waals surface area contributed by atoms with Crippen molar-refractivity contribution in [3.8, 4) is 45.3 Å². The zero-order valence-corrected chi connectivity index (χ0v) is 36.7. The molecule has 0 atom stereocenters. The predicted octanol–water partition coefficient (Wildman–Crippen LogP) is 15.3. The fourth-order valence-corrected chi connectivity index (χ4v) is 9.96. The van der Waals surface area contributed by atoms with E-state index in [1.54, 1.807) is 18.5 Å². The largest absolute Gasteiger partial charge is 0.456 e. The maximum atomic E-state index is 7.15. The average molecular weight is 849 g/mol. The van der Waals surface area contributed by atoms with E-state index in [2.05, 4.69) is 188 Å². The van der Waals surface area contributed by atoms with Crippen LogP contribution in [0.5, 0.6) is 11.5 Å². The first-order valence-electron chi connectivity index (χ1n) is 22.2. The Labute approximate surface area is 384 Å². The molecule has 314 valence electrons. The van der Waals surface area contributed by atoms with Crippen LogP contribution in [-0.2, 0) is 5.41 Å². The van der Waals surface area contributed by atoms with Crippen molar-refractivity contribution in [1.29, 1.82) is 0 Å². The fourth-order valence-electron chi connectivity index (χ4n) is 9.96. The molecule has 9 aromatic rings. The lowest BCUT2D eigenvalue weighted by molar-refractivity contribution is 0.442. The monoisotopic (exact) mass is 848 g/mol. The highest BCUT2D eigenvalue weighted by atomic mass is 16.5. The van der Waals surface area contributed by atoms with Gasteiger partial charge in [0.2, 0.25) is 0 Å². The highest BCUT2D eigenvalue weighted by molar-refractivity contribution is 6.15. The number of benzene rings is 6. The first-order chi connectivity index (χ1) is 32.5. The molecular formula is C61H44N4O. The number of ether oxygens (including phenoxy) is 1. The third-order valence-corrected chi connectivity index (χ3v) is 12.9. The molecule has 0 saturated carbocycles. The Balaban J connectivity index is 1.02. The van der Waals surface area contributed by atoms with E-state index in [0.29, 0.717) is 0 Å². The van der Waals surface area contributed by atoms with Crippen LogP contribution < -0.4 is 4.74 Å². The van der Waals surface area contributed by atoms with Crippen molar-refractivity contribution in [2.75, 3.05) is 0 Å². The maximum absolute atomic E-state index is 7.15. The van der Waals surface area contributed by atoms with E-state index in [4.69, 9.17) is 14.7 Å². The quantitative estimate of drug-likeness (QED) is 0.0825. The molecule has 0 radical (unpaired) electrons. The van der Waals surface area contributed by atoms with Gasteiger partial charge in [-0.1, -0.05) is 165 Å². The summed E-state index contributed by atoms with van der Waals surface area (Å²) in [7, 11) is 0. The molecule has 66 heavy (non-hydrogen) atoms. The molecule has 0 amide bonds. The lowest BCUT2D eigenvalue weighted by Gasteiger charge is -2.40. The molecule has 0 bridgehead atoms. The molecule has 2 aliphatic rings. The molecular weight excluding hydrogens is 805 g/mol. The highest BCUT2D eigenvalue weighted by Gasteiger charge is 2.51. The van der Waals surface area contributed by atoms with E-state index in [9.17, 15) is 0 Å². The topological polar surface area (TPSA) is 60.3 Å². The number of hydrogen-bond donors (Lipinski definition) is 0.